The second-order valence-corrected chi connectivity index (χ2v) is 9.23. The molecule has 200 valence electrons. The first-order chi connectivity index (χ1) is 15.9. The summed E-state index contributed by atoms with van der Waals surface area (Å²) in [5.74, 6) is -0.186. The monoisotopic (exact) mass is 487 g/mol. The largest absolute Gasteiger partial charge is 0.378 e. The molecular formula is C26H49NO7. The van der Waals surface area contributed by atoms with Gasteiger partial charge in [0, 0.05) is 43.9 Å². The van der Waals surface area contributed by atoms with E-state index in [1.54, 1.807) is 0 Å². The maximum absolute atomic E-state index is 11.9. The number of rotatable bonds is 19. The molecular weight excluding hydrogens is 438 g/mol. The zero-order valence-corrected chi connectivity index (χ0v) is 23.0. The van der Waals surface area contributed by atoms with Crippen LogP contribution in [0.1, 0.15) is 81.6 Å². The molecule has 0 aromatic carbocycles. The van der Waals surface area contributed by atoms with Gasteiger partial charge in [-0.05, 0) is 0 Å². The maximum atomic E-state index is 11.9. The summed E-state index contributed by atoms with van der Waals surface area (Å²) in [7, 11) is 0. The molecule has 0 aromatic rings. The SMILES string of the molecule is CC.CC(=O)NC(COCCC(=O)C(C)C)(COCCC(=O)C(C)C)COCCC(=O)C(C)C. The van der Waals surface area contributed by atoms with Gasteiger partial charge in [0.1, 0.15) is 22.9 Å². The molecule has 0 fully saturated rings. The van der Waals surface area contributed by atoms with E-state index in [9.17, 15) is 19.2 Å². The van der Waals surface area contributed by atoms with Gasteiger partial charge in [-0.1, -0.05) is 55.4 Å². The van der Waals surface area contributed by atoms with Crippen molar-refractivity contribution in [1.29, 1.82) is 0 Å². The van der Waals surface area contributed by atoms with E-state index in [-0.39, 0.29) is 99.9 Å². The van der Waals surface area contributed by atoms with Crippen LogP contribution in [-0.4, -0.2) is 68.4 Å². The van der Waals surface area contributed by atoms with Crippen LogP contribution >= 0.6 is 0 Å². The first-order valence-electron chi connectivity index (χ1n) is 12.5. The Morgan fingerprint density at radius 3 is 1.09 bits per heavy atom. The third-order valence-corrected chi connectivity index (χ3v) is 4.99. The molecule has 0 rings (SSSR count). The fourth-order valence-electron chi connectivity index (χ4n) is 2.79. The minimum absolute atomic E-state index is 0.0673. The molecule has 0 aliphatic rings. The molecule has 0 radical (unpaired) electrons. The van der Waals surface area contributed by atoms with Gasteiger partial charge in [0.25, 0.3) is 0 Å². The summed E-state index contributed by atoms with van der Waals surface area (Å²) < 4.78 is 17.2. The Kier molecular flexibility index (Phi) is 19.9. The normalized spacial score (nSPS) is 11.4. The number of amides is 1. The summed E-state index contributed by atoms with van der Waals surface area (Å²) in [5.41, 5.74) is -0.992. The highest BCUT2D eigenvalue weighted by atomic mass is 16.5. The average molecular weight is 488 g/mol. The fraction of sp³-hybridized carbons (Fsp3) is 0.846. The van der Waals surface area contributed by atoms with Gasteiger partial charge in [-0.3, -0.25) is 19.2 Å². The summed E-state index contributed by atoms with van der Waals surface area (Å²) in [6.45, 7) is 17.3. The van der Waals surface area contributed by atoms with Crippen molar-refractivity contribution in [3.05, 3.63) is 0 Å². The Labute approximate surface area is 206 Å². The highest BCUT2D eigenvalue weighted by molar-refractivity contribution is 5.81. The predicted molar refractivity (Wildman–Crippen MR) is 134 cm³/mol. The molecule has 0 heterocycles. The van der Waals surface area contributed by atoms with Crippen LogP contribution in [0.25, 0.3) is 0 Å². The fourth-order valence-corrected chi connectivity index (χ4v) is 2.79. The van der Waals surface area contributed by atoms with Crippen LogP contribution < -0.4 is 5.32 Å². The molecule has 0 atom stereocenters. The molecule has 0 unspecified atom stereocenters. The molecule has 8 nitrogen and oxygen atoms in total. The van der Waals surface area contributed by atoms with Crippen molar-refractivity contribution < 1.29 is 33.4 Å². The number of carbonyl (C=O) groups excluding carboxylic acids is 4. The Morgan fingerprint density at radius 1 is 0.618 bits per heavy atom. The first-order valence-corrected chi connectivity index (χ1v) is 12.5. The summed E-state index contributed by atoms with van der Waals surface area (Å²) in [6, 6.07) is 0. The van der Waals surface area contributed by atoms with Gasteiger partial charge in [-0.2, -0.15) is 0 Å². The second kappa shape index (κ2) is 19.6. The summed E-state index contributed by atoms with van der Waals surface area (Å²) >= 11 is 0. The van der Waals surface area contributed by atoms with Crippen LogP contribution in [0.3, 0.4) is 0 Å². The van der Waals surface area contributed by atoms with E-state index in [1.165, 1.54) is 6.92 Å². The first kappa shape index (κ1) is 34.5. The highest BCUT2D eigenvalue weighted by Crippen LogP contribution is 2.12. The molecule has 0 saturated carbocycles. The van der Waals surface area contributed by atoms with E-state index in [0.717, 1.165) is 0 Å². The van der Waals surface area contributed by atoms with E-state index >= 15 is 0 Å². The van der Waals surface area contributed by atoms with E-state index in [0.29, 0.717) is 0 Å². The van der Waals surface area contributed by atoms with Crippen LogP contribution in [0.5, 0.6) is 0 Å². The molecule has 0 saturated heterocycles. The topological polar surface area (TPSA) is 108 Å². The molecule has 0 aliphatic carbocycles. The standard InChI is InChI=1S/C24H43NO7.C2H6/c1-17(2)21(27)8-11-30-14-24(25-20(7)26,15-31-12-9-22(28)18(3)4)16-32-13-10-23(29)19(5)6;1-2/h17-19H,8-16H2,1-7H3,(H,25,26);1-2H3. The Balaban J connectivity index is 0. The molecule has 1 N–H and O–H groups in total. The maximum Gasteiger partial charge on any atom is 0.217 e. The number of hydrogen-bond acceptors (Lipinski definition) is 7. The van der Waals surface area contributed by atoms with Crippen LogP contribution in [0, 0.1) is 17.8 Å². The zero-order chi connectivity index (χ0) is 26.7. The summed E-state index contributed by atoms with van der Waals surface area (Å²) in [4.78, 5) is 47.4. The lowest BCUT2D eigenvalue weighted by Crippen LogP contribution is -2.58. The molecule has 0 aromatic heterocycles. The Hall–Kier alpha value is -1.64. The van der Waals surface area contributed by atoms with Crippen LogP contribution in [0.15, 0.2) is 0 Å². The lowest BCUT2D eigenvalue weighted by atomic mass is 10.0. The van der Waals surface area contributed by atoms with Crippen molar-refractivity contribution in [3.63, 3.8) is 0 Å². The molecule has 34 heavy (non-hydrogen) atoms. The van der Waals surface area contributed by atoms with Gasteiger partial charge in [-0.15, -0.1) is 0 Å². The van der Waals surface area contributed by atoms with Crippen LogP contribution in [-0.2, 0) is 33.4 Å². The summed E-state index contributed by atoms with van der Waals surface area (Å²) in [6.07, 6.45) is 0.837. The third-order valence-electron chi connectivity index (χ3n) is 4.99. The van der Waals surface area contributed by atoms with Gasteiger partial charge in [0.05, 0.1) is 39.6 Å². The third kappa shape index (κ3) is 16.9. The number of carbonyl (C=O) groups is 4. The van der Waals surface area contributed by atoms with Crippen molar-refractivity contribution in [2.75, 3.05) is 39.6 Å². The van der Waals surface area contributed by atoms with E-state index in [2.05, 4.69) is 5.32 Å². The second-order valence-electron chi connectivity index (χ2n) is 9.23. The lowest BCUT2D eigenvalue weighted by molar-refractivity contribution is -0.129. The van der Waals surface area contributed by atoms with E-state index in [1.807, 2.05) is 55.4 Å². The lowest BCUT2D eigenvalue weighted by Gasteiger charge is -2.34. The molecule has 0 spiro atoms. The van der Waals surface area contributed by atoms with Crippen molar-refractivity contribution in [3.8, 4) is 0 Å². The van der Waals surface area contributed by atoms with Gasteiger partial charge >= 0.3 is 0 Å². The predicted octanol–water partition coefficient (Wildman–Crippen LogP) is 3.78. The van der Waals surface area contributed by atoms with Crippen molar-refractivity contribution >= 4 is 23.3 Å². The number of hydrogen-bond donors (Lipinski definition) is 1. The number of ketones is 3. The number of ether oxygens (including phenoxy) is 3. The minimum atomic E-state index is -0.992. The molecule has 8 heteroatoms. The van der Waals surface area contributed by atoms with Crippen molar-refractivity contribution in [2.24, 2.45) is 17.8 Å². The smallest absolute Gasteiger partial charge is 0.217 e. The van der Waals surface area contributed by atoms with Crippen molar-refractivity contribution in [1.82, 2.24) is 5.32 Å². The molecule has 1 amide bonds. The Morgan fingerprint density at radius 2 is 0.882 bits per heavy atom. The number of nitrogens with one attached hydrogen (secondary N) is 1. The quantitative estimate of drug-likeness (QED) is 0.276. The minimum Gasteiger partial charge on any atom is -0.378 e. The van der Waals surface area contributed by atoms with E-state index < -0.39 is 5.54 Å². The molecule has 0 bridgehead atoms. The van der Waals surface area contributed by atoms with Gasteiger partial charge in [-0.25, -0.2) is 0 Å². The summed E-state index contributed by atoms with van der Waals surface area (Å²) in [5, 5.41) is 2.86. The van der Waals surface area contributed by atoms with Crippen molar-refractivity contribution in [2.45, 2.75) is 87.1 Å². The van der Waals surface area contributed by atoms with Gasteiger partial charge in [0.2, 0.25) is 5.91 Å². The van der Waals surface area contributed by atoms with Gasteiger partial charge < -0.3 is 19.5 Å². The number of Topliss-reactive ketones (excluding diaryl/α,β-unsaturated/α-hetero) is 3. The average Bonchev–Trinajstić information content (AvgIpc) is 2.77. The Bertz CT molecular complexity index is 531. The zero-order valence-electron chi connectivity index (χ0n) is 23.0. The van der Waals surface area contributed by atoms with Gasteiger partial charge in [0.15, 0.2) is 0 Å². The molecule has 0 aliphatic heterocycles. The highest BCUT2D eigenvalue weighted by Gasteiger charge is 2.33. The van der Waals surface area contributed by atoms with Crippen LogP contribution in [0.2, 0.25) is 0 Å². The van der Waals surface area contributed by atoms with E-state index in [4.69, 9.17) is 14.2 Å². The van der Waals surface area contributed by atoms with Crippen LogP contribution in [0.4, 0.5) is 0 Å².